The summed E-state index contributed by atoms with van der Waals surface area (Å²) in [5.41, 5.74) is 0. The number of ether oxygens (including phenoxy) is 3. The number of esters is 3. The van der Waals surface area contributed by atoms with Crippen molar-refractivity contribution < 1.29 is 28.6 Å². The number of hydrogen-bond donors (Lipinski definition) is 0. The van der Waals surface area contributed by atoms with Gasteiger partial charge >= 0.3 is 17.9 Å². The molecule has 0 fully saturated rings. The first-order valence-corrected chi connectivity index (χ1v) is 28.4. The van der Waals surface area contributed by atoms with Crippen LogP contribution >= 0.6 is 0 Å². The second-order valence-electron chi connectivity index (χ2n) is 18.8. The molecule has 0 heterocycles. The molecule has 0 aliphatic rings. The second-order valence-corrected chi connectivity index (χ2v) is 18.8. The minimum absolute atomic E-state index is 0.0929. The fourth-order valence-electron chi connectivity index (χ4n) is 7.83. The minimum atomic E-state index is -0.796. The lowest BCUT2D eigenvalue weighted by Crippen LogP contribution is -2.30. The van der Waals surface area contributed by atoms with Gasteiger partial charge in [0, 0.05) is 19.3 Å². The smallest absolute Gasteiger partial charge is 0.306 e. The summed E-state index contributed by atoms with van der Waals surface area (Å²) in [4.78, 5) is 38.1. The van der Waals surface area contributed by atoms with E-state index in [1.54, 1.807) is 0 Å². The van der Waals surface area contributed by atoms with Crippen LogP contribution in [0.3, 0.4) is 0 Å². The molecule has 0 aromatic heterocycles. The predicted molar refractivity (Wildman–Crippen MR) is 288 cm³/mol. The zero-order valence-corrected chi connectivity index (χ0v) is 44.2. The number of unbranched alkanes of at least 4 members (excludes halogenated alkanes) is 28. The number of rotatable bonds is 51. The van der Waals surface area contributed by atoms with Crippen LogP contribution in [0.5, 0.6) is 0 Å². The molecule has 0 bridgehead atoms. The molecular weight excluding hydrogens is 829 g/mol. The quantitative estimate of drug-likeness (QED) is 0.0262. The Kier molecular flexibility index (Phi) is 52.8. The van der Waals surface area contributed by atoms with Crippen molar-refractivity contribution in [3.8, 4) is 0 Å². The summed E-state index contributed by atoms with van der Waals surface area (Å²) in [7, 11) is 0. The zero-order chi connectivity index (χ0) is 48.6. The van der Waals surface area contributed by atoms with Crippen molar-refractivity contribution in [2.75, 3.05) is 13.2 Å². The van der Waals surface area contributed by atoms with E-state index in [0.29, 0.717) is 19.3 Å². The summed E-state index contributed by atoms with van der Waals surface area (Å²) in [6.07, 6.45) is 70.3. The molecule has 0 unspecified atom stereocenters. The van der Waals surface area contributed by atoms with Crippen LogP contribution in [-0.4, -0.2) is 37.2 Å². The molecule has 0 aliphatic carbocycles. The fraction of sp³-hybridized carbons (Fsp3) is 0.754. The van der Waals surface area contributed by atoms with Crippen molar-refractivity contribution >= 4 is 17.9 Å². The van der Waals surface area contributed by atoms with Gasteiger partial charge in [-0.2, -0.15) is 0 Å². The lowest BCUT2D eigenvalue weighted by Gasteiger charge is -2.18. The highest BCUT2D eigenvalue weighted by Crippen LogP contribution is 2.14. The van der Waals surface area contributed by atoms with Crippen LogP contribution in [0.4, 0.5) is 0 Å². The first kappa shape index (κ1) is 63.8. The molecule has 386 valence electrons. The Morgan fingerprint density at radius 3 is 0.896 bits per heavy atom. The van der Waals surface area contributed by atoms with Crippen molar-refractivity contribution in [2.24, 2.45) is 0 Å². The Bertz CT molecular complexity index is 1260. The van der Waals surface area contributed by atoms with Gasteiger partial charge in [0.05, 0.1) is 0 Å². The normalized spacial score (nSPS) is 12.6. The summed E-state index contributed by atoms with van der Waals surface area (Å²) in [6, 6.07) is 0. The van der Waals surface area contributed by atoms with E-state index in [2.05, 4.69) is 93.7 Å². The van der Waals surface area contributed by atoms with Gasteiger partial charge in [0.2, 0.25) is 0 Å². The molecule has 6 heteroatoms. The highest BCUT2D eigenvalue weighted by molar-refractivity contribution is 5.71. The predicted octanol–water partition coefficient (Wildman–Crippen LogP) is 19.0. The third kappa shape index (κ3) is 53.7. The van der Waals surface area contributed by atoms with Crippen LogP contribution in [0.1, 0.15) is 278 Å². The second kappa shape index (κ2) is 55.4. The largest absolute Gasteiger partial charge is 0.462 e. The van der Waals surface area contributed by atoms with Gasteiger partial charge in [-0.15, -0.1) is 0 Å². The molecule has 0 saturated carbocycles. The van der Waals surface area contributed by atoms with Crippen molar-refractivity contribution in [1.82, 2.24) is 0 Å². The molecule has 0 amide bonds. The number of allylic oxidation sites excluding steroid dienone is 12. The maximum absolute atomic E-state index is 12.8. The maximum atomic E-state index is 12.8. The molecule has 0 saturated heterocycles. The van der Waals surface area contributed by atoms with Crippen LogP contribution in [0.2, 0.25) is 0 Å². The highest BCUT2D eigenvalue weighted by Gasteiger charge is 2.19. The summed E-state index contributed by atoms with van der Waals surface area (Å²) in [5.74, 6) is -0.934. The molecule has 0 radical (unpaired) electrons. The Hall–Kier alpha value is -3.15. The van der Waals surface area contributed by atoms with Gasteiger partial charge < -0.3 is 14.2 Å². The minimum Gasteiger partial charge on any atom is -0.462 e. The molecule has 67 heavy (non-hydrogen) atoms. The first-order chi connectivity index (χ1) is 33.0. The highest BCUT2D eigenvalue weighted by atomic mass is 16.6. The standard InChI is InChI=1S/C61H106O6/c1-4-7-10-13-16-19-22-25-28-29-30-31-34-36-39-42-45-48-51-54-60(63)66-57-58(67-61(64)55-52-49-46-43-40-37-33-27-24-21-18-15-12-9-6-3)56-65-59(62)53-50-47-44-41-38-35-32-26-23-20-17-14-11-8-5-2/h16,19,25-28,30-33,36,39,58H,4-15,17-18,20-24,29,34-35,37-38,40-57H2,1-3H3/b19-16-,28-25-,31-30-,32-26-,33-27-,39-36-/t58-/m0/s1. The van der Waals surface area contributed by atoms with E-state index in [4.69, 9.17) is 14.2 Å². The van der Waals surface area contributed by atoms with Crippen LogP contribution in [-0.2, 0) is 28.6 Å². The maximum Gasteiger partial charge on any atom is 0.306 e. The van der Waals surface area contributed by atoms with E-state index in [-0.39, 0.29) is 31.1 Å². The lowest BCUT2D eigenvalue weighted by molar-refractivity contribution is -0.167. The monoisotopic (exact) mass is 935 g/mol. The molecule has 0 rings (SSSR count). The summed E-state index contributed by atoms with van der Waals surface area (Å²) < 4.78 is 16.8. The first-order valence-electron chi connectivity index (χ1n) is 28.4. The van der Waals surface area contributed by atoms with Crippen LogP contribution in [0.25, 0.3) is 0 Å². The zero-order valence-electron chi connectivity index (χ0n) is 44.2. The van der Waals surface area contributed by atoms with Gasteiger partial charge in [-0.3, -0.25) is 14.4 Å². The molecule has 0 aliphatic heterocycles. The molecule has 0 N–H and O–H groups in total. The van der Waals surface area contributed by atoms with Gasteiger partial charge in [-0.1, -0.05) is 216 Å². The number of carbonyl (C=O) groups is 3. The Morgan fingerprint density at radius 1 is 0.299 bits per heavy atom. The average Bonchev–Trinajstić information content (AvgIpc) is 3.33. The van der Waals surface area contributed by atoms with E-state index in [9.17, 15) is 14.4 Å². The molecular formula is C61H106O6. The SMILES string of the molecule is CCCCC/C=C\C/C=C\C/C=C\C/C=C\CCCCCC(=O)OC[C@H](COC(=O)CCCCCCC/C=C\CCCCCCCC)OC(=O)CCCCCCC/C=C\CCCCCCCC. The molecule has 0 aromatic rings. The van der Waals surface area contributed by atoms with Gasteiger partial charge in [-0.25, -0.2) is 0 Å². The van der Waals surface area contributed by atoms with E-state index in [1.165, 1.54) is 135 Å². The van der Waals surface area contributed by atoms with Gasteiger partial charge in [0.1, 0.15) is 13.2 Å². The number of carbonyl (C=O) groups excluding carboxylic acids is 3. The molecule has 1 atom stereocenters. The van der Waals surface area contributed by atoms with Crippen LogP contribution in [0, 0.1) is 0 Å². The summed E-state index contributed by atoms with van der Waals surface area (Å²) >= 11 is 0. The lowest BCUT2D eigenvalue weighted by atomic mass is 10.1. The van der Waals surface area contributed by atoms with Crippen molar-refractivity contribution in [3.63, 3.8) is 0 Å². The average molecular weight is 936 g/mol. The van der Waals surface area contributed by atoms with Crippen molar-refractivity contribution in [2.45, 2.75) is 284 Å². The Morgan fingerprint density at radius 2 is 0.537 bits per heavy atom. The topological polar surface area (TPSA) is 78.9 Å². The Balaban J connectivity index is 4.46. The summed E-state index contributed by atoms with van der Waals surface area (Å²) in [5, 5.41) is 0. The van der Waals surface area contributed by atoms with E-state index in [1.807, 2.05) is 0 Å². The third-order valence-corrected chi connectivity index (χ3v) is 12.2. The summed E-state index contributed by atoms with van der Waals surface area (Å²) in [6.45, 7) is 6.57. The van der Waals surface area contributed by atoms with Crippen molar-refractivity contribution in [3.05, 3.63) is 72.9 Å². The number of hydrogen-bond acceptors (Lipinski definition) is 6. The van der Waals surface area contributed by atoms with E-state index < -0.39 is 6.10 Å². The van der Waals surface area contributed by atoms with Crippen LogP contribution < -0.4 is 0 Å². The molecule has 0 aromatic carbocycles. The van der Waals surface area contributed by atoms with Crippen molar-refractivity contribution in [1.29, 1.82) is 0 Å². The van der Waals surface area contributed by atoms with Crippen LogP contribution in [0.15, 0.2) is 72.9 Å². The van der Waals surface area contributed by atoms with Gasteiger partial charge in [0.25, 0.3) is 0 Å². The van der Waals surface area contributed by atoms with E-state index in [0.717, 1.165) is 103 Å². The van der Waals surface area contributed by atoms with Gasteiger partial charge in [-0.05, 0) is 116 Å². The Labute approximate surface area is 414 Å². The third-order valence-electron chi connectivity index (χ3n) is 12.2. The van der Waals surface area contributed by atoms with Gasteiger partial charge in [0.15, 0.2) is 6.10 Å². The van der Waals surface area contributed by atoms with E-state index >= 15 is 0 Å². The molecule has 0 spiro atoms. The fourth-order valence-corrected chi connectivity index (χ4v) is 7.83. The molecule has 6 nitrogen and oxygen atoms in total.